The molecule has 2 aromatic carbocycles. The predicted octanol–water partition coefficient (Wildman–Crippen LogP) is 2.85. The zero-order chi connectivity index (χ0) is 17.7. The van der Waals surface area contributed by atoms with E-state index in [1.54, 1.807) is 38.1 Å². The van der Waals surface area contributed by atoms with Gasteiger partial charge in [0.1, 0.15) is 0 Å². The number of carbonyl (C=O) groups excluding carboxylic acids is 1. The van der Waals surface area contributed by atoms with Gasteiger partial charge in [-0.25, -0.2) is 0 Å². The molecule has 0 aliphatic carbocycles. The summed E-state index contributed by atoms with van der Waals surface area (Å²) < 4.78 is 0.653. The van der Waals surface area contributed by atoms with Crippen molar-refractivity contribution in [2.45, 2.75) is 38.8 Å². The van der Waals surface area contributed by atoms with Crippen molar-refractivity contribution in [2.75, 3.05) is 0 Å². The zero-order valence-corrected chi connectivity index (χ0v) is 14.3. The van der Waals surface area contributed by atoms with Gasteiger partial charge < -0.3 is 10.3 Å². The molecule has 0 saturated carbocycles. The Balaban J connectivity index is 2.18. The molecule has 4 heteroatoms. The Hall–Kier alpha value is -2.46. The van der Waals surface area contributed by atoms with Crippen LogP contribution < -0.4 is 0 Å². The van der Waals surface area contributed by atoms with Gasteiger partial charge >= 0.3 is 0 Å². The lowest BCUT2D eigenvalue weighted by molar-refractivity contribution is -0.553. The largest absolute Gasteiger partial charge is 0.623 e. The summed E-state index contributed by atoms with van der Waals surface area (Å²) in [4.78, 5) is 13.1. The highest BCUT2D eigenvalue weighted by atomic mass is 16.5. The van der Waals surface area contributed by atoms with Crippen molar-refractivity contribution in [1.29, 1.82) is 0 Å². The Morgan fingerprint density at radius 2 is 1.38 bits per heavy atom. The van der Waals surface area contributed by atoms with E-state index in [1.165, 1.54) is 0 Å². The molecule has 0 bridgehead atoms. The lowest BCUT2D eigenvalue weighted by Gasteiger charge is -2.32. The maximum absolute atomic E-state index is 13.1. The molecule has 2 aromatic rings. The molecule has 0 radical (unpaired) electrons. The highest BCUT2D eigenvalue weighted by Gasteiger charge is 2.65. The lowest BCUT2D eigenvalue weighted by atomic mass is 9.76. The summed E-state index contributed by atoms with van der Waals surface area (Å²) in [6.07, 6.45) is 0. The summed E-state index contributed by atoms with van der Waals surface area (Å²) in [6, 6.07) is 14.3. The predicted molar refractivity (Wildman–Crippen MR) is 93.1 cm³/mol. The van der Waals surface area contributed by atoms with Crippen molar-refractivity contribution in [3.63, 3.8) is 0 Å². The van der Waals surface area contributed by atoms with Crippen LogP contribution in [0.3, 0.4) is 0 Å². The number of carbonyl (C=O) groups is 1. The summed E-state index contributed by atoms with van der Waals surface area (Å²) in [7, 11) is 0. The molecule has 0 fully saturated rings. The van der Waals surface area contributed by atoms with E-state index in [4.69, 9.17) is 0 Å². The summed E-state index contributed by atoms with van der Waals surface area (Å²) in [5, 5.41) is 24.2. The first-order valence-electron chi connectivity index (χ1n) is 7.95. The Kier molecular flexibility index (Phi) is 3.61. The van der Waals surface area contributed by atoms with E-state index in [9.17, 15) is 15.1 Å². The fourth-order valence-electron chi connectivity index (χ4n) is 3.21. The van der Waals surface area contributed by atoms with E-state index in [1.807, 2.05) is 38.1 Å². The minimum atomic E-state index is -1.89. The normalized spacial score (nSPS) is 23.0. The third kappa shape index (κ3) is 2.10. The first-order chi connectivity index (χ1) is 11.2. The van der Waals surface area contributed by atoms with Gasteiger partial charge in [0.05, 0.1) is 5.56 Å². The van der Waals surface area contributed by atoms with Crippen molar-refractivity contribution in [3.05, 3.63) is 76.0 Å². The van der Waals surface area contributed by atoms with E-state index in [2.05, 4.69) is 0 Å². The van der Waals surface area contributed by atoms with Crippen LogP contribution in [0.5, 0.6) is 0 Å². The highest BCUT2D eigenvalue weighted by Crippen LogP contribution is 2.42. The molecule has 0 spiro atoms. The molecule has 124 valence electrons. The van der Waals surface area contributed by atoms with Gasteiger partial charge in [-0.05, 0) is 31.5 Å². The summed E-state index contributed by atoms with van der Waals surface area (Å²) in [5.74, 6) is -0.560. The van der Waals surface area contributed by atoms with Gasteiger partial charge in [-0.2, -0.15) is 4.74 Å². The van der Waals surface area contributed by atoms with Crippen LogP contribution in [0.4, 0.5) is 0 Å². The molecule has 1 aliphatic heterocycles. The Morgan fingerprint density at radius 3 is 1.88 bits per heavy atom. The Labute approximate surface area is 141 Å². The van der Waals surface area contributed by atoms with Gasteiger partial charge in [-0.1, -0.05) is 47.5 Å². The number of aryl methyl sites for hydroxylation is 2. The molecule has 0 saturated heterocycles. The quantitative estimate of drug-likeness (QED) is 0.683. The van der Waals surface area contributed by atoms with Crippen molar-refractivity contribution in [2.24, 2.45) is 0 Å². The number of ketones is 1. The average Bonchev–Trinajstić information content (AvgIpc) is 2.68. The summed E-state index contributed by atoms with van der Waals surface area (Å²) >= 11 is 0. The molecule has 1 unspecified atom stereocenters. The molecule has 4 nitrogen and oxygen atoms in total. The van der Waals surface area contributed by atoms with E-state index >= 15 is 0 Å². The third-order valence-electron chi connectivity index (χ3n) is 4.93. The Bertz CT molecular complexity index is 832. The lowest BCUT2D eigenvalue weighted by Crippen LogP contribution is -2.52. The molecule has 3 rings (SSSR count). The minimum Gasteiger partial charge on any atom is -0.623 e. The molecule has 1 N–H and O–H groups in total. The maximum Gasteiger partial charge on any atom is 0.271 e. The SMILES string of the molecule is Cc1ccc(C2=[N+]([O-])C(C)(C)C(O)(c3ccc(C)cc3)C2=O)cc1. The van der Waals surface area contributed by atoms with Crippen LogP contribution in [0.25, 0.3) is 0 Å². The van der Waals surface area contributed by atoms with E-state index in [0.717, 1.165) is 11.1 Å². The fourth-order valence-corrected chi connectivity index (χ4v) is 3.21. The fraction of sp³-hybridized carbons (Fsp3) is 0.300. The maximum atomic E-state index is 13.1. The zero-order valence-electron chi connectivity index (χ0n) is 14.3. The van der Waals surface area contributed by atoms with Crippen LogP contribution in [0.2, 0.25) is 0 Å². The number of hydroxylamine groups is 1. The van der Waals surface area contributed by atoms with Gasteiger partial charge in [0.25, 0.3) is 11.5 Å². The first-order valence-corrected chi connectivity index (χ1v) is 7.95. The smallest absolute Gasteiger partial charge is 0.271 e. The number of rotatable bonds is 2. The van der Waals surface area contributed by atoms with Gasteiger partial charge in [0.15, 0.2) is 0 Å². The molecule has 1 atom stereocenters. The van der Waals surface area contributed by atoms with Crippen LogP contribution in [0, 0.1) is 19.1 Å². The number of Topliss-reactive ketones (excluding diaryl/α,β-unsaturated/α-hetero) is 1. The number of benzene rings is 2. The summed E-state index contributed by atoms with van der Waals surface area (Å²) in [6.45, 7) is 7.06. The van der Waals surface area contributed by atoms with Crippen LogP contribution in [-0.4, -0.2) is 26.9 Å². The number of nitrogens with zero attached hydrogens (tertiary/aromatic N) is 1. The Morgan fingerprint density at radius 1 is 0.917 bits per heavy atom. The van der Waals surface area contributed by atoms with Crippen LogP contribution >= 0.6 is 0 Å². The van der Waals surface area contributed by atoms with Gasteiger partial charge in [0.2, 0.25) is 11.1 Å². The third-order valence-corrected chi connectivity index (χ3v) is 4.93. The average molecular weight is 323 g/mol. The van der Waals surface area contributed by atoms with Crippen molar-refractivity contribution >= 4 is 11.5 Å². The molecular weight excluding hydrogens is 302 g/mol. The molecular formula is C20H21NO3. The van der Waals surface area contributed by atoms with E-state index in [0.29, 0.717) is 15.9 Å². The minimum absolute atomic E-state index is 0.00285. The number of aliphatic hydroxyl groups is 1. The van der Waals surface area contributed by atoms with Gasteiger partial charge in [0, 0.05) is 13.8 Å². The highest BCUT2D eigenvalue weighted by molar-refractivity contribution is 6.48. The molecule has 0 aromatic heterocycles. The molecule has 0 amide bonds. The first kappa shape index (κ1) is 16.4. The van der Waals surface area contributed by atoms with Gasteiger partial charge in [-0.3, -0.25) is 4.79 Å². The van der Waals surface area contributed by atoms with Crippen molar-refractivity contribution < 1.29 is 14.6 Å². The van der Waals surface area contributed by atoms with Crippen LogP contribution in [0.1, 0.15) is 36.1 Å². The van der Waals surface area contributed by atoms with Crippen molar-refractivity contribution in [1.82, 2.24) is 0 Å². The second-order valence-electron chi connectivity index (χ2n) is 6.97. The molecule has 24 heavy (non-hydrogen) atoms. The number of hydrogen-bond acceptors (Lipinski definition) is 3. The molecule has 1 heterocycles. The number of hydrogen-bond donors (Lipinski definition) is 1. The molecule has 1 aliphatic rings. The monoisotopic (exact) mass is 323 g/mol. The standard InChI is InChI=1S/C20H21NO3/c1-13-5-9-15(10-6-13)17-18(22)20(23,19(3,4)21(17)24)16-11-7-14(2)8-12-16/h5-12,23H,1-4H3. The second kappa shape index (κ2) is 5.28. The topological polar surface area (TPSA) is 63.4 Å². The van der Waals surface area contributed by atoms with Crippen LogP contribution in [0.15, 0.2) is 48.5 Å². The summed E-state index contributed by atoms with van der Waals surface area (Å²) in [5.41, 5.74) is -0.171. The van der Waals surface area contributed by atoms with Gasteiger partial charge in [-0.15, -0.1) is 0 Å². The second-order valence-corrected chi connectivity index (χ2v) is 6.97. The van der Waals surface area contributed by atoms with E-state index < -0.39 is 16.9 Å². The van der Waals surface area contributed by atoms with E-state index in [-0.39, 0.29) is 5.71 Å². The van der Waals surface area contributed by atoms with Crippen molar-refractivity contribution in [3.8, 4) is 0 Å². The van der Waals surface area contributed by atoms with Crippen LogP contribution in [-0.2, 0) is 10.4 Å².